The lowest BCUT2D eigenvalue weighted by Gasteiger charge is -2.02. The van der Waals surface area contributed by atoms with E-state index < -0.39 is 0 Å². The zero-order chi connectivity index (χ0) is 21.5. The van der Waals surface area contributed by atoms with Crippen LogP contribution in [-0.2, 0) is 4.79 Å². The predicted molar refractivity (Wildman–Crippen MR) is 125 cm³/mol. The number of H-pyrrole nitrogens is 1. The minimum absolute atomic E-state index is 0.0825. The topological polar surface area (TPSA) is 57.8 Å². The quantitative estimate of drug-likeness (QED) is 0.403. The van der Waals surface area contributed by atoms with Crippen molar-refractivity contribution in [2.45, 2.75) is 74.1 Å². The van der Waals surface area contributed by atoms with Gasteiger partial charge in [-0.25, -0.2) is 4.98 Å². The van der Waals surface area contributed by atoms with E-state index >= 15 is 0 Å². The summed E-state index contributed by atoms with van der Waals surface area (Å²) in [5.41, 5.74) is 3.29. The van der Waals surface area contributed by atoms with E-state index in [0.29, 0.717) is 5.82 Å². The van der Waals surface area contributed by atoms with Crippen LogP contribution in [-0.4, -0.2) is 15.9 Å². The van der Waals surface area contributed by atoms with Crippen LogP contribution in [0.15, 0.2) is 37.1 Å². The van der Waals surface area contributed by atoms with E-state index in [1.807, 2.05) is 53.7 Å². The summed E-state index contributed by atoms with van der Waals surface area (Å²) in [5.74, 6) is 0.886. The Hall–Kier alpha value is -2.36. The van der Waals surface area contributed by atoms with Crippen molar-refractivity contribution in [3.05, 3.63) is 42.8 Å². The molecule has 0 atom stereocenters. The highest BCUT2D eigenvalue weighted by Crippen LogP contribution is 2.30. The molecule has 1 saturated carbocycles. The van der Waals surface area contributed by atoms with E-state index in [1.165, 1.54) is 5.57 Å². The third kappa shape index (κ3) is 8.12. The molecule has 0 bridgehead atoms. The fourth-order valence-corrected chi connectivity index (χ4v) is 2.41. The molecule has 0 aromatic carbocycles. The molecule has 156 valence electrons. The Morgan fingerprint density at radius 3 is 2.39 bits per heavy atom. The largest absolute Gasteiger partial charge is 0.355 e. The number of anilines is 1. The van der Waals surface area contributed by atoms with Crippen LogP contribution < -0.4 is 5.32 Å². The Morgan fingerprint density at radius 2 is 1.82 bits per heavy atom. The van der Waals surface area contributed by atoms with Crippen LogP contribution in [0.1, 0.15) is 79.8 Å². The van der Waals surface area contributed by atoms with Crippen molar-refractivity contribution in [3.63, 3.8) is 0 Å². The van der Waals surface area contributed by atoms with Crippen LogP contribution in [0, 0.1) is 5.92 Å². The molecule has 4 nitrogen and oxygen atoms in total. The second-order valence-electron chi connectivity index (χ2n) is 5.86. The smallest absolute Gasteiger partial charge is 0.228 e. The average molecular weight is 386 g/mol. The third-order valence-corrected chi connectivity index (χ3v) is 3.95. The van der Waals surface area contributed by atoms with E-state index in [2.05, 4.69) is 40.9 Å². The van der Waals surface area contributed by atoms with Crippen molar-refractivity contribution in [1.29, 1.82) is 0 Å². The van der Waals surface area contributed by atoms with Gasteiger partial charge in [0, 0.05) is 29.3 Å². The fraction of sp³-hybridized carbons (Fsp3) is 0.500. The molecule has 0 saturated heterocycles. The normalized spacial score (nSPS) is 12.5. The number of hydrogen-bond donors (Lipinski definition) is 2. The minimum atomic E-state index is 0.0825. The van der Waals surface area contributed by atoms with Gasteiger partial charge in [0.2, 0.25) is 5.91 Å². The molecule has 28 heavy (non-hydrogen) atoms. The molecule has 2 heterocycles. The molecule has 0 spiro atoms. The number of nitrogens with zero attached hydrogens (tertiary/aromatic N) is 1. The molecular weight excluding hydrogens is 346 g/mol. The Labute approximate surface area is 171 Å². The van der Waals surface area contributed by atoms with Crippen LogP contribution in [0.5, 0.6) is 0 Å². The summed E-state index contributed by atoms with van der Waals surface area (Å²) in [6.45, 7) is 17.8. The van der Waals surface area contributed by atoms with Crippen LogP contribution >= 0.6 is 0 Å². The van der Waals surface area contributed by atoms with Crippen molar-refractivity contribution < 1.29 is 4.79 Å². The molecular formula is C24H39N3O. The molecule has 0 aliphatic heterocycles. The zero-order valence-electron chi connectivity index (χ0n) is 18.9. The average Bonchev–Trinajstić information content (AvgIpc) is 3.52. The summed E-state index contributed by atoms with van der Waals surface area (Å²) in [7, 11) is 0. The predicted octanol–water partition coefficient (Wildman–Crippen LogP) is 7.36. The lowest BCUT2D eigenvalue weighted by molar-refractivity contribution is -0.117. The number of carbonyl (C=O) groups excluding carboxylic acids is 1. The van der Waals surface area contributed by atoms with Crippen LogP contribution in [0.25, 0.3) is 16.5 Å². The van der Waals surface area contributed by atoms with E-state index in [9.17, 15) is 4.79 Å². The first kappa shape index (κ1) is 25.6. The molecule has 3 rings (SSSR count). The van der Waals surface area contributed by atoms with Crippen molar-refractivity contribution in [3.8, 4) is 0 Å². The van der Waals surface area contributed by atoms with Gasteiger partial charge in [-0.2, -0.15) is 0 Å². The summed E-state index contributed by atoms with van der Waals surface area (Å²) < 4.78 is 0. The van der Waals surface area contributed by atoms with Crippen molar-refractivity contribution in [2.75, 3.05) is 5.32 Å². The second kappa shape index (κ2) is 14.7. The highest BCUT2D eigenvalue weighted by Gasteiger charge is 2.29. The number of fused-ring (bicyclic) bond motifs is 1. The highest BCUT2D eigenvalue weighted by molar-refractivity contribution is 5.95. The maximum Gasteiger partial charge on any atom is 0.228 e. The Kier molecular flexibility index (Phi) is 13.4. The summed E-state index contributed by atoms with van der Waals surface area (Å²) in [6.07, 6.45) is 9.89. The third-order valence-electron chi connectivity index (χ3n) is 3.95. The van der Waals surface area contributed by atoms with Crippen LogP contribution in [0.2, 0.25) is 0 Å². The van der Waals surface area contributed by atoms with Gasteiger partial charge in [0.1, 0.15) is 5.82 Å². The summed E-state index contributed by atoms with van der Waals surface area (Å²) in [6, 6.07) is 3.99. The number of carbonyl (C=O) groups is 1. The maximum absolute atomic E-state index is 11.8. The van der Waals surface area contributed by atoms with Crippen LogP contribution in [0.4, 0.5) is 5.82 Å². The maximum atomic E-state index is 11.8. The number of pyridine rings is 1. The molecule has 2 aromatic rings. The van der Waals surface area contributed by atoms with Gasteiger partial charge in [0.05, 0.1) is 5.52 Å². The van der Waals surface area contributed by atoms with Crippen molar-refractivity contribution >= 4 is 28.2 Å². The lowest BCUT2D eigenvalue weighted by Crippen LogP contribution is -2.14. The van der Waals surface area contributed by atoms with Gasteiger partial charge in [-0.1, -0.05) is 53.7 Å². The Morgan fingerprint density at radius 1 is 1.18 bits per heavy atom. The van der Waals surface area contributed by atoms with Gasteiger partial charge >= 0.3 is 0 Å². The number of unbranched alkanes of at least 4 members (excludes halogenated alkanes) is 1. The number of allylic oxidation sites excluding steroid dienone is 3. The number of hydrogen-bond acceptors (Lipinski definition) is 2. The minimum Gasteiger partial charge on any atom is -0.355 e. The van der Waals surface area contributed by atoms with Gasteiger partial charge in [-0.05, 0) is 44.2 Å². The number of aromatic nitrogens is 2. The zero-order valence-corrected chi connectivity index (χ0v) is 18.9. The van der Waals surface area contributed by atoms with E-state index in [0.717, 1.165) is 42.3 Å². The Bertz CT molecular complexity index is 739. The molecule has 1 aliphatic carbocycles. The second-order valence-corrected chi connectivity index (χ2v) is 5.86. The first-order valence-electron chi connectivity index (χ1n) is 10.7. The number of aromatic amines is 1. The van der Waals surface area contributed by atoms with Gasteiger partial charge in [0.25, 0.3) is 0 Å². The lowest BCUT2D eigenvalue weighted by atomic mass is 10.1. The van der Waals surface area contributed by atoms with Crippen molar-refractivity contribution in [1.82, 2.24) is 9.97 Å². The molecule has 2 N–H and O–H groups in total. The number of nitrogens with one attached hydrogen (secondary N) is 2. The van der Waals surface area contributed by atoms with Crippen molar-refractivity contribution in [2.24, 2.45) is 5.92 Å². The molecule has 0 radical (unpaired) electrons. The Balaban J connectivity index is 0.00000111. The van der Waals surface area contributed by atoms with Gasteiger partial charge in [0.15, 0.2) is 0 Å². The van der Waals surface area contributed by atoms with Gasteiger partial charge < -0.3 is 10.3 Å². The first-order chi connectivity index (χ1) is 13.7. The molecule has 2 aromatic heterocycles. The summed E-state index contributed by atoms with van der Waals surface area (Å²) >= 11 is 0. The van der Waals surface area contributed by atoms with Gasteiger partial charge in [-0.3, -0.25) is 4.79 Å². The molecule has 1 aliphatic rings. The van der Waals surface area contributed by atoms with E-state index in [-0.39, 0.29) is 11.8 Å². The SMILES string of the molecule is C=CCC/C=C(/C)c1cc2cnc(NC(=O)C3CC3)cc2[nH]1.CC.CC.CC. The van der Waals surface area contributed by atoms with Crippen LogP contribution in [0.3, 0.4) is 0 Å². The molecule has 1 fully saturated rings. The van der Waals surface area contributed by atoms with E-state index in [1.54, 1.807) is 6.20 Å². The fourth-order valence-electron chi connectivity index (χ4n) is 2.41. The standard InChI is InChI=1S/C18H21N3O.3C2H6/c1-3-4-5-6-12(2)15-9-14-11-19-17(10-16(14)20-15)21-18(22)13-7-8-13;3*1-2/h3,6,9-11,13,20H,1,4-5,7-8H2,2H3,(H,19,21,22);3*1-2H3/b12-6-;;;. The first-order valence-corrected chi connectivity index (χ1v) is 10.7. The molecule has 0 unspecified atom stereocenters. The summed E-state index contributed by atoms with van der Waals surface area (Å²) in [4.78, 5) is 19.5. The summed E-state index contributed by atoms with van der Waals surface area (Å²) in [5, 5.41) is 3.93. The number of rotatable bonds is 6. The van der Waals surface area contributed by atoms with E-state index in [4.69, 9.17) is 0 Å². The highest BCUT2D eigenvalue weighted by atomic mass is 16.2. The number of amides is 1. The molecule has 1 amide bonds. The van der Waals surface area contributed by atoms with Gasteiger partial charge in [-0.15, -0.1) is 6.58 Å². The monoisotopic (exact) mass is 385 g/mol. The molecule has 4 heteroatoms.